The third-order valence-electron chi connectivity index (χ3n) is 1.85. The molecule has 0 aliphatic carbocycles. The summed E-state index contributed by atoms with van der Waals surface area (Å²) in [5.41, 5.74) is 6.45. The number of ether oxygens (including phenoxy) is 1. The maximum absolute atomic E-state index is 11.5. The zero-order valence-electron chi connectivity index (χ0n) is 9.43. The maximum atomic E-state index is 11.5. The van der Waals surface area contributed by atoms with E-state index in [4.69, 9.17) is 5.73 Å². The fourth-order valence-corrected chi connectivity index (χ4v) is 1.15. The summed E-state index contributed by atoms with van der Waals surface area (Å²) < 4.78 is 4.67. The lowest BCUT2D eigenvalue weighted by Gasteiger charge is -2.05. The smallest absolute Gasteiger partial charge is 0.325 e. The van der Waals surface area contributed by atoms with E-state index in [1.807, 2.05) is 0 Å². The molecule has 94 valence electrons. The average molecular weight is 259 g/mol. The van der Waals surface area contributed by atoms with Crippen molar-refractivity contribution >= 4 is 30.0 Å². The van der Waals surface area contributed by atoms with Gasteiger partial charge in [-0.3, -0.25) is 9.59 Å². The first-order valence-electron chi connectivity index (χ1n) is 4.93. The zero-order valence-corrected chi connectivity index (χ0v) is 10.3. The van der Waals surface area contributed by atoms with Crippen molar-refractivity contribution in [3.63, 3.8) is 0 Å². The Balaban J connectivity index is 0.00000256. The molecule has 0 aliphatic rings. The van der Waals surface area contributed by atoms with E-state index in [0.717, 1.165) is 0 Å². The highest BCUT2D eigenvalue weighted by molar-refractivity contribution is 5.96. The summed E-state index contributed by atoms with van der Waals surface area (Å²) in [6.45, 7) is 1.87. The molecule has 0 spiro atoms. The number of nitrogen functional groups attached to an aromatic ring is 1. The highest BCUT2D eigenvalue weighted by atomic mass is 35.5. The number of benzene rings is 1. The van der Waals surface area contributed by atoms with Crippen molar-refractivity contribution in [1.29, 1.82) is 0 Å². The number of carbonyl (C=O) groups is 2. The Morgan fingerprint density at radius 1 is 1.41 bits per heavy atom. The number of halogens is 1. The average Bonchev–Trinajstić information content (AvgIpc) is 2.26. The summed E-state index contributed by atoms with van der Waals surface area (Å²) in [5.74, 6) is -0.805. The van der Waals surface area contributed by atoms with Gasteiger partial charge in [-0.25, -0.2) is 0 Å². The summed E-state index contributed by atoms with van der Waals surface area (Å²) in [5, 5.41) is 2.44. The van der Waals surface area contributed by atoms with Gasteiger partial charge in [0.25, 0.3) is 5.91 Å². The second-order valence-corrected chi connectivity index (χ2v) is 3.11. The quantitative estimate of drug-likeness (QED) is 0.623. The maximum Gasteiger partial charge on any atom is 0.325 e. The molecule has 1 aromatic rings. The van der Waals surface area contributed by atoms with E-state index in [1.165, 1.54) is 0 Å². The third kappa shape index (κ3) is 5.21. The second kappa shape index (κ2) is 7.51. The number of nitrogens with two attached hydrogens (primary N) is 1. The van der Waals surface area contributed by atoms with E-state index in [-0.39, 0.29) is 24.9 Å². The van der Waals surface area contributed by atoms with Crippen LogP contribution >= 0.6 is 12.4 Å². The van der Waals surface area contributed by atoms with Crippen LogP contribution in [-0.2, 0) is 9.53 Å². The van der Waals surface area contributed by atoms with Crippen LogP contribution in [0.5, 0.6) is 0 Å². The number of esters is 1. The van der Waals surface area contributed by atoms with E-state index in [0.29, 0.717) is 17.9 Å². The number of hydrogen-bond acceptors (Lipinski definition) is 4. The fraction of sp³-hybridized carbons (Fsp3) is 0.273. The van der Waals surface area contributed by atoms with Crippen LogP contribution in [0, 0.1) is 0 Å². The topological polar surface area (TPSA) is 81.4 Å². The van der Waals surface area contributed by atoms with Crippen molar-refractivity contribution in [1.82, 2.24) is 5.32 Å². The fourth-order valence-electron chi connectivity index (χ4n) is 1.15. The number of rotatable bonds is 4. The van der Waals surface area contributed by atoms with Gasteiger partial charge in [-0.15, -0.1) is 12.4 Å². The molecule has 0 aliphatic heterocycles. The van der Waals surface area contributed by atoms with Gasteiger partial charge in [0.2, 0.25) is 0 Å². The Bertz CT molecular complexity index is 396. The summed E-state index contributed by atoms with van der Waals surface area (Å²) in [6, 6.07) is 6.52. The molecule has 0 bridgehead atoms. The molecule has 1 aromatic carbocycles. The first-order chi connectivity index (χ1) is 7.63. The molecule has 17 heavy (non-hydrogen) atoms. The summed E-state index contributed by atoms with van der Waals surface area (Å²) >= 11 is 0. The van der Waals surface area contributed by atoms with Gasteiger partial charge in [-0.05, 0) is 25.1 Å². The first-order valence-corrected chi connectivity index (χ1v) is 4.93. The molecule has 1 rings (SSSR count). The number of carbonyl (C=O) groups excluding carboxylic acids is 2. The zero-order chi connectivity index (χ0) is 12.0. The van der Waals surface area contributed by atoms with Crippen LogP contribution in [0.4, 0.5) is 5.69 Å². The molecule has 0 saturated heterocycles. The van der Waals surface area contributed by atoms with Crippen molar-refractivity contribution in [2.24, 2.45) is 0 Å². The lowest BCUT2D eigenvalue weighted by Crippen LogP contribution is -2.30. The minimum absolute atomic E-state index is 0. The predicted octanol–water partition coefficient (Wildman–Crippen LogP) is 0.983. The van der Waals surface area contributed by atoms with Crippen LogP contribution in [0.2, 0.25) is 0 Å². The molecule has 0 atom stereocenters. The van der Waals surface area contributed by atoms with Crippen LogP contribution in [0.15, 0.2) is 24.3 Å². The molecular weight excluding hydrogens is 244 g/mol. The van der Waals surface area contributed by atoms with Crippen molar-refractivity contribution in [2.75, 3.05) is 18.9 Å². The Hall–Kier alpha value is -1.75. The van der Waals surface area contributed by atoms with Crippen LogP contribution in [0.25, 0.3) is 0 Å². The Labute approximate surface area is 106 Å². The highest BCUT2D eigenvalue weighted by Crippen LogP contribution is 2.05. The third-order valence-corrected chi connectivity index (χ3v) is 1.85. The first kappa shape index (κ1) is 15.2. The van der Waals surface area contributed by atoms with Crippen LogP contribution in [0.1, 0.15) is 17.3 Å². The predicted molar refractivity (Wildman–Crippen MR) is 67.1 cm³/mol. The van der Waals surface area contributed by atoms with Gasteiger partial charge in [0.05, 0.1) is 6.61 Å². The van der Waals surface area contributed by atoms with Gasteiger partial charge in [-0.1, -0.05) is 6.07 Å². The standard InChI is InChI=1S/C11H14N2O3.ClH/c1-2-16-10(14)7-13-11(15)8-4-3-5-9(12)6-8;/h3-6H,2,7,12H2,1H3,(H,13,15);1H. The van der Waals surface area contributed by atoms with E-state index in [9.17, 15) is 9.59 Å². The summed E-state index contributed by atoms with van der Waals surface area (Å²) in [4.78, 5) is 22.5. The number of hydrogen-bond donors (Lipinski definition) is 2. The molecule has 0 radical (unpaired) electrons. The molecule has 0 fully saturated rings. The van der Waals surface area contributed by atoms with Crippen LogP contribution in [-0.4, -0.2) is 25.0 Å². The lowest BCUT2D eigenvalue weighted by molar-refractivity contribution is -0.141. The molecule has 5 nitrogen and oxygen atoms in total. The molecule has 1 amide bonds. The SMILES string of the molecule is CCOC(=O)CNC(=O)c1cccc(N)c1.Cl. The molecule has 6 heteroatoms. The molecule has 0 heterocycles. The van der Waals surface area contributed by atoms with Gasteiger partial charge in [-0.2, -0.15) is 0 Å². The molecule has 0 saturated carbocycles. The molecule has 0 unspecified atom stereocenters. The Kier molecular flexibility index (Phi) is 6.74. The van der Waals surface area contributed by atoms with E-state index in [2.05, 4.69) is 10.1 Å². The Morgan fingerprint density at radius 2 is 2.12 bits per heavy atom. The minimum atomic E-state index is -0.459. The summed E-state index contributed by atoms with van der Waals surface area (Å²) in [6.07, 6.45) is 0. The number of anilines is 1. The van der Waals surface area contributed by atoms with Crippen LogP contribution < -0.4 is 11.1 Å². The minimum Gasteiger partial charge on any atom is -0.465 e. The normalized spacial score (nSPS) is 9.00. The monoisotopic (exact) mass is 258 g/mol. The number of nitrogens with one attached hydrogen (secondary N) is 1. The molecular formula is C11H15ClN2O3. The molecule has 3 N–H and O–H groups in total. The van der Waals surface area contributed by atoms with Gasteiger partial charge >= 0.3 is 5.97 Å². The van der Waals surface area contributed by atoms with Crippen LogP contribution in [0.3, 0.4) is 0 Å². The van der Waals surface area contributed by atoms with Gasteiger partial charge in [0.15, 0.2) is 0 Å². The molecule has 0 aromatic heterocycles. The van der Waals surface area contributed by atoms with Crippen molar-refractivity contribution in [3.8, 4) is 0 Å². The van der Waals surface area contributed by atoms with Crippen molar-refractivity contribution in [2.45, 2.75) is 6.92 Å². The van der Waals surface area contributed by atoms with E-state index >= 15 is 0 Å². The number of amides is 1. The highest BCUT2D eigenvalue weighted by Gasteiger charge is 2.08. The van der Waals surface area contributed by atoms with E-state index in [1.54, 1.807) is 31.2 Å². The van der Waals surface area contributed by atoms with Crippen molar-refractivity contribution in [3.05, 3.63) is 29.8 Å². The van der Waals surface area contributed by atoms with Gasteiger partial charge in [0, 0.05) is 11.3 Å². The second-order valence-electron chi connectivity index (χ2n) is 3.11. The lowest BCUT2D eigenvalue weighted by atomic mass is 10.2. The largest absolute Gasteiger partial charge is 0.465 e. The summed E-state index contributed by atoms with van der Waals surface area (Å²) in [7, 11) is 0. The van der Waals surface area contributed by atoms with E-state index < -0.39 is 5.97 Å². The Morgan fingerprint density at radius 3 is 2.71 bits per heavy atom. The van der Waals surface area contributed by atoms with Gasteiger partial charge < -0.3 is 15.8 Å². The van der Waals surface area contributed by atoms with Gasteiger partial charge in [0.1, 0.15) is 6.54 Å². The van der Waals surface area contributed by atoms with Crippen molar-refractivity contribution < 1.29 is 14.3 Å².